The van der Waals surface area contributed by atoms with Crippen molar-refractivity contribution >= 4 is 165 Å². The highest BCUT2D eigenvalue weighted by molar-refractivity contribution is 8.45. The summed E-state index contributed by atoms with van der Waals surface area (Å²) in [5.41, 5.74) is 0. The molecule has 0 aromatic carbocycles. The van der Waals surface area contributed by atoms with Gasteiger partial charge in [0, 0.05) is 23.0 Å². The summed E-state index contributed by atoms with van der Waals surface area (Å²) < 4.78 is 49.5. The van der Waals surface area contributed by atoms with Crippen LogP contribution in [0.2, 0.25) is 0 Å². The Morgan fingerprint density at radius 3 is 0.955 bits per heavy atom. The van der Waals surface area contributed by atoms with Crippen molar-refractivity contribution in [2.24, 2.45) is 0 Å². The second-order valence-corrected chi connectivity index (χ2v) is 32.5. The molecule has 0 radical (unpaired) electrons. The minimum atomic E-state index is 0.615. The van der Waals surface area contributed by atoms with Crippen molar-refractivity contribution in [3.63, 3.8) is 0 Å². The Morgan fingerprint density at radius 2 is 0.636 bits per heavy atom. The lowest BCUT2D eigenvalue weighted by Crippen LogP contribution is -2.08. The zero-order chi connectivity index (χ0) is 46.3. The van der Waals surface area contributed by atoms with Crippen molar-refractivity contribution in [1.82, 2.24) is 0 Å². The molecule has 0 saturated heterocycles. The molecule has 5 aliphatic heterocycles. The Balaban J connectivity index is 1.09. The third kappa shape index (κ3) is 23.5. The topological polar surface area (TPSA) is 55.4 Å². The van der Waals surface area contributed by atoms with Crippen molar-refractivity contribution in [3.05, 3.63) is 52.6 Å². The van der Waals surface area contributed by atoms with Gasteiger partial charge in [0.25, 0.3) is 0 Å². The first-order valence-electron chi connectivity index (χ1n) is 23.7. The van der Waals surface area contributed by atoms with E-state index in [0.717, 1.165) is 33.2 Å². The van der Waals surface area contributed by atoms with Gasteiger partial charge in [0.2, 0.25) is 10.2 Å². The molecule has 0 N–H and O–H groups in total. The molecule has 66 heavy (non-hydrogen) atoms. The highest BCUT2D eigenvalue weighted by atomic mass is 32.3. The summed E-state index contributed by atoms with van der Waals surface area (Å²) in [4.78, 5) is 0. The van der Waals surface area contributed by atoms with E-state index in [-0.39, 0.29) is 0 Å². The first-order valence-corrected chi connectivity index (χ1v) is 36.1. The van der Waals surface area contributed by atoms with E-state index in [0.29, 0.717) is 52.9 Å². The Bertz CT molecular complexity index is 1510. The van der Waals surface area contributed by atoms with Crippen molar-refractivity contribution in [2.45, 2.75) is 117 Å². The van der Waals surface area contributed by atoms with E-state index in [2.05, 4.69) is 60.9 Å². The number of unbranched alkanes of at least 4 members (excludes halogenated alkanes) is 14. The summed E-state index contributed by atoms with van der Waals surface area (Å²) in [6.45, 7) is 9.90. The van der Waals surface area contributed by atoms with Crippen LogP contribution < -0.4 is 0 Å². The van der Waals surface area contributed by atoms with Crippen molar-refractivity contribution in [1.29, 1.82) is 0 Å². The molecule has 0 aromatic heterocycles. The van der Waals surface area contributed by atoms with Crippen LogP contribution >= 0.6 is 165 Å². The Labute approximate surface area is 458 Å². The molecule has 0 fully saturated rings. The summed E-state index contributed by atoms with van der Waals surface area (Å²) in [6, 6.07) is 0. The molecule has 0 unspecified atom stereocenters. The fraction of sp³-hybridized carbons (Fsp3) is 0.739. The van der Waals surface area contributed by atoms with E-state index < -0.39 is 0 Å². The second kappa shape index (κ2) is 38.3. The van der Waals surface area contributed by atoms with Crippen molar-refractivity contribution < 1.29 is 28.4 Å². The molecular weight excluding hydrogens is 1100 g/mol. The largest absolute Gasteiger partial charge is 0.487 e. The Hall–Kier alpha value is 2.78. The zero-order valence-corrected chi connectivity index (χ0v) is 50.8. The van der Waals surface area contributed by atoms with Gasteiger partial charge >= 0.3 is 0 Å². The van der Waals surface area contributed by atoms with Gasteiger partial charge in [-0.25, -0.2) is 0 Å². The Morgan fingerprint density at radius 1 is 0.348 bits per heavy atom. The highest BCUT2D eigenvalue weighted by Gasteiger charge is 2.33. The van der Waals surface area contributed by atoms with Gasteiger partial charge < -0.3 is 28.4 Å². The molecule has 0 saturated carbocycles. The van der Waals surface area contributed by atoms with Crippen LogP contribution in [0.5, 0.6) is 0 Å². The van der Waals surface area contributed by atoms with E-state index in [1.807, 2.05) is 94.1 Å². The predicted octanol–water partition coefficient (Wildman–Crippen LogP) is 18.7. The van der Waals surface area contributed by atoms with Gasteiger partial charge in [0.05, 0.1) is 109 Å². The number of ether oxygens (including phenoxy) is 6. The number of rotatable bonds is 22. The molecule has 20 heteroatoms. The molecule has 0 atom stereocenters. The molecule has 5 rings (SSSR count). The monoisotopic (exact) mass is 1170 g/mol. The van der Waals surface area contributed by atoms with E-state index in [9.17, 15) is 0 Å². The van der Waals surface area contributed by atoms with E-state index >= 15 is 0 Å². The van der Waals surface area contributed by atoms with Gasteiger partial charge in [-0.05, 0) is 47.9 Å². The van der Waals surface area contributed by atoms with Crippen LogP contribution in [0.25, 0.3) is 0 Å². The standard InChI is InChI=1S/C46H72O6S14/c1-5-7-9-11-13-15-17-19-29-53-37-38(54-30-20-18-16-14-12-10-8-6-2)62-45(61-37)46-65-41-42(66-46)58-34-28-52-24-22-50-26-32-56-40-39(55-31-25-49-21-23-51-27-33-57-41)63-44(64-40)43-59-35(47-3)36(48-4)60-43/h5-34H2,1-4H3. The van der Waals surface area contributed by atoms with Crippen molar-refractivity contribution in [2.75, 3.05) is 102 Å². The lowest BCUT2D eigenvalue weighted by molar-refractivity contribution is 0.0605. The van der Waals surface area contributed by atoms with Crippen LogP contribution in [-0.2, 0) is 28.4 Å². The zero-order valence-electron chi connectivity index (χ0n) is 39.4. The number of thioether (sulfide) groups is 14. The molecule has 0 aromatic rings. The minimum absolute atomic E-state index is 0.615. The van der Waals surface area contributed by atoms with Crippen molar-refractivity contribution in [3.8, 4) is 0 Å². The van der Waals surface area contributed by atoms with Gasteiger partial charge in [0.15, 0.2) is 0 Å². The number of hydrogen-bond acceptors (Lipinski definition) is 20. The average molecular weight is 1170 g/mol. The fourth-order valence-corrected chi connectivity index (χ4v) is 26.6. The SMILES string of the molecule is CCCCCCCCCCSC1=C(SCCCCCCCCCC)SC(=C2SC3=C(SCCOCCOCCSC4=C(SCCOCCOCCS3)SC(=C3SC(OC)=C(OC)S3)S4)S2)S1. The molecule has 0 aliphatic carbocycles. The van der Waals surface area contributed by atoms with Crippen LogP contribution in [0, 0.1) is 0 Å². The quantitative estimate of drug-likeness (QED) is 0.0966. The van der Waals surface area contributed by atoms with E-state index in [1.165, 1.54) is 148 Å². The summed E-state index contributed by atoms with van der Waals surface area (Å²) in [5, 5.41) is 1.65. The van der Waals surface area contributed by atoms with Crippen LogP contribution in [-0.4, -0.2) is 102 Å². The maximum atomic E-state index is 6.10. The molecule has 6 nitrogen and oxygen atoms in total. The summed E-state index contributed by atoms with van der Waals surface area (Å²) in [5.74, 6) is 6.13. The normalized spacial score (nSPS) is 20.8. The smallest absolute Gasteiger partial charge is 0.208 e. The van der Waals surface area contributed by atoms with Gasteiger partial charge in [0.1, 0.15) is 0 Å². The third-order valence-corrected chi connectivity index (χ3v) is 30.0. The second-order valence-electron chi connectivity index (χ2n) is 15.2. The highest BCUT2D eigenvalue weighted by Crippen LogP contribution is 2.67. The van der Waals surface area contributed by atoms with Crippen LogP contribution in [0.1, 0.15) is 117 Å². The van der Waals surface area contributed by atoms with E-state index in [1.54, 1.807) is 46.2 Å². The first kappa shape index (κ1) is 59.7. The minimum Gasteiger partial charge on any atom is -0.487 e. The molecule has 0 amide bonds. The van der Waals surface area contributed by atoms with Gasteiger partial charge in [-0.1, -0.05) is 174 Å². The average Bonchev–Trinajstić information content (AvgIpc) is 4.14. The Kier molecular flexibility index (Phi) is 34.7. The lowest BCUT2D eigenvalue weighted by Gasteiger charge is -2.09. The summed E-state index contributed by atoms with van der Waals surface area (Å²) in [7, 11) is 3.41. The predicted molar refractivity (Wildman–Crippen MR) is 320 cm³/mol. The van der Waals surface area contributed by atoms with Gasteiger partial charge in [-0.2, -0.15) is 0 Å². The molecular formula is C46H72O6S14. The number of hydrogen-bond donors (Lipinski definition) is 0. The fourth-order valence-electron chi connectivity index (χ4n) is 6.42. The number of methoxy groups -OCH3 is 2. The van der Waals surface area contributed by atoms with Crippen LogP contribution in [0.4, 0.5) is 0 Å². The first-order chi connectivity index (χ1) is 32.6. The van der Waals surface area contributed by atoms with Crippen LogP contribution in [0.15, 0.2) is 52.6 Å². The lowest BCUT2D eigenvalue weighted by atomic mass is 10.1. The van der Waals surface area contributed by atoms with E-state index in [4.69, 9.17) is 28.4 Å². The molecule has 5 heterocycles. The summed E-state index contributed by atoms with van der Waals surface area (Å²) in [6.07, 6.45) is 22.0. The van der Waals surface area contributed by atoms with Gasteiger partial charge in [-0.3, -0.25) is 0 Å². The van der Waals surface area contributed by atoms with Crippen LogP contribution in [0.3, 0.4) is 0 Å². The third-order valence-electron chi connectivity index (χ3n) is 9.90. The summed E-state index contributed by atoms with van der Waals surface area (Å²) >= 11 is 27.0. The molecule has 0 bridgehead atoms. The maximum absolute atomic E-state index is 6.10. The maximum Gasteiger partial charge on any atom is 0.208 e. The molecule has 0 spiro atoms. The molecule has 376 valence electrons. The van der Waals surface area contributed by atoms with Gasteiger partial charge in [-0.15, -0.1) is 70.6 Å². The molecule has 5 aliphatic rings.